The summed E-state index contributed by atoms with van der Waals surface area (Å²) in [6, 6.07) is 9.71. The summed E-state index contributed by atoms with van der Waals surface area (Å²) in [5, 5.41) is 7.72. The van der Waals surface area contributed by atoms with Crippen molar-refractivity contribution in [3.8, 4) is 11.3 Å². The molecule has 1 radical (unpaired) electrons. The number of carbonyl (C=O) groups excluding carboxylic acids is 2. The van der Waals surface area contributed by atoms with Crippen LogP contribution in [0.25, 0.3) is 11.3 Å². The van der Waals surface area contributed by atoms with Gasteiger partial charge in [-0.05, 0) is 25.3 Å². The molecule has 0 bridgehead atoms. The maximum Gasteiger partial charge on any atom is 0.253 e. The zero-order valence-corrected chi connectivity index (χ0v) is 15.3. The van der Waals surface area contributed by atoms with E-state index in [1.54, 1.807) is 22.9 Å². The molecule has 0 atom stereocenters. The van der Waals surface area contributed by atoms with Gasteiger partial charge in [0.05, 0.1) is 17.8 Å². The minimum absolute atomic E-state index is 0.112. The minimum atomic E-state index is -0.315. The molecule has 6 nitrogen and oxygen atoms in total. The molecule has 3 aromatic rings. The molecule has 0 aliphatic rings. The lowest BCUT2D eigenvalue weighted by molar-refractivity contribution is -0.115. The van der Waals surface area contributed by atoms with Crippen LogP contribution in [0, 0.1) is 6.92 Å². The van der Waals surface area contributed by atoms with E-state index in [0.29, 0.717) is 10.7 Å². The minimum Gasteiger partial charge on any atom is -0.402 e. The number of nitrogens with zero attached hydrogens (tertiary/aromatic N) is 2. The molecule has 2 aromatic heterocycles. The fourth-order valence-corrected chi connectivity index (χ4v) is 3.14. The highest BCUT2D eigenvalue weighted by atomic mass is 32.1. The van der Waals surface area contributed by atoms with Crippen molar-refractivity contribution in [2.75, 3.05) is 11.9 Å². The monoisotopic (exact) mass is 365 g/mol. The molecule has 26 heavy (non-hydrogen) atoms. The second-order valence-electron chi connectivity index (χ2n) is 5.74. The van der Waals surface area contributed by atoms with Crippen LogP contribution in [0.1, 0.15) is 15.9 Å². The molecule has 0 aliphatic carbocycles. The Morgan fingerprint density at radius 3 is 2.88 bits per heavy atom. The van der Waals surface area contributed by atoms with E-state index >= 15 is 0 Å². The largest absolute Gasteiger partial charge is 0.402 e. The van der Waals surface area contributed by atoms with Gasteiger partial charge in [0.25, 0.3) is 5.91 Å². The zero-order chi connectivity index (χ0) is 18.5. The molecule has 0 saturated carbocycles. The quantitative estimate of drug-likeness (QED) is 0.660. The van der Waals surface area contributed by atoms with E-state index in [-0.39, 0.29) is 18.4 Å². The summed E-state index contributed by atoms with van der Waals surface area (Å²) >= 11 is 1.35. The predicted molar refractivity (Wildman–Crippen MR) is 105 cm³/mol. The number of nitrogens with one attached hydrogen (secondary N) is 2. The lowest BCUT2D eigenvalue weighted by atomic mass is 10.0. The first-order valence-corrected chi connectivity index (χ1v) is 9.00. The number of benzene rings is 1. The van der Waals surface area contributed by atoms with Crippen LogP contribution >= 0.6 is 11.3 Å². The van der Waals surface area contributed by atoms with E-state index in [4.69, 9.17) is 0 Å². The Labute approximate surface area is 156 Å². The number of anilines is 1. The molecule has 0 unspecified atom stereocenters. The first-order chi connectivity index (χ1) is 12.5. The van der Waals surface area contributed by atoms with Crippen molar-refractivity contribution in [1.82, 2.24) is 14.8 Å². The van der Waals surface area contributed by atoms with Gasteiger partial charge in [-0.2, -0.15) is 0 Å². The molecule has 3 rings (SSSR count). The number of aromatic nitrogens is 2. The molecule has 1 aromatic carbocycles. The molecule has 0 aliphatic heterocycles. The number of rotatable bonds is 6. The SMILES string of the molecule is C[B]n1ccc(C(=O)NCC(=O)Nc2nc(-c3cccc(C)c3)cs2)c1. The van der Waals surface area contributed by atoms with Crippen molar-refractivity contribution in [1.29, 1.82) is 0 Å². The third-order valence-electron chi connectivity index (χ3n) is 3.75. The molecule has 2 heterocycles. The van der Waals surface area contributed by atoms with Crippen LogP contribution in [0.4, 0.5) is 5.13 Å². The standard InChI is InChI=1S/C18H18BN4O2S/c1-12-4-3-5-13(8-12)15-11-26-18(21-15)22-16(24)9-20-17(25)14-6-7-23(10-14)19-2/h3-8,10-11H,9H2,1-2H3,(H,20,25)(H,21,22,24). The van der Waals surface area contributed by atoms with E-state index < -0.39 is 0 Å². The molecule has 0 fully saturated rings. The van der Waals surface area contributed by atoms with Crippen LogP contribution in [0.5, 0.6) is 0 Å². The highest BCUT2D eigenvalue weighted by molar-refractivity contribution is 7.14. The first-order valence-electron chi connectivity index (χ1n) is 8.13. The Kier molecular flexibility index (Phi) is 5.53. The van der Waals surface area contributed by atoms with Gasteiger partial charge in [-0.3, -0.25) is 9.59 Å². The van der Waals surface area contributed by atoms with Gasteiger partial charge in [-0.1, -0.05) is 30.6 Å². The van der Waals surface area contributed by atoms with Gasteiger partial charge in [0.2, 0.25) is 13.3 Å². The maximum absolute atomic E-state index is 12.0. The predicted octanol–water partition coefficient (Wildman–Crippen LogP) is 2.80. The van der Waals surface area contributed by atoms with Gasteiger partial charge in [0, 0.05) is 17.1 Å². The Morgan fingerprint density at radius 2 is 2.15 bits per heavy atom. The number of hydrogen-bond acceptors (Lipinski definition) is 4. The molecule has 8 heteroatoms. The third kappa shape index (κ3) is 4.40. The summed E-state index contributed by atoms with van der Waals surface area (Å²) in [5.41, 5.74) is 3.48. The van der Waals surface area contributed by atoms with Gasteiger partial charge in [-0.25, -0.2) is 4.98 Å². The van der Waals surface area contributed by atoms with Crippen molar-refractivity contribution in [2.24, 2.45) is 0 Å². The van der Waals surface area contributed by atoms with Crippen LogP contribution < -0.4 is 10.6 Å². The van der Waals surface area contributed by atoms with E-state index in [2.05, 4.69) is 15.6 Å². The smallest absolute Gasteiger partial charge is 0.253 e. The van der Waals surface area contributed by atoms with Crippen molar-refractivity contribution in [3.05, 3.63) is 59.2 Å². The van der Waals surface area contributed by atoms with Gasteiger partial charge in [0.15, 0.2) is 5.13 Å². The summed E-state index contributed by atoms with van der Waals surface area (Å²) in [4.78, 5) is 28.5. The Morgan fingerprint density at radius 1 is 1.31 bits per heavy atom. The molecule has 0 saturated heterocycles. The Hall–Kier alpha value is -2.87. The molecule has 0 spiro atoms. The normalized spacial score (nSPS) is 10.4. The fraction of sp³-hybridized carbons (Fsp3) is 0.167. The van der Waals surface area contributed by atoms with Crippen LogP contribution in [-0.4, -0.2) is 35.2 Å². The highest BCUT2D eigenvalue weighted by Gasteiger charge is 2.11. The zero-order valence-electron chi connectivity index (χ0n) is 14.5. The molecular weight excluding hydrogens is 347 g/mol. The summed E-state index contributed by atoms with van der Waals surface area (Å²) in [6.07, 6.45) is 3.47. The summed E-state index contributed by atoms with van der Waals surface area (Å²) in [6.45, 7) is 3.78. The maximum atomic E-state index is 12.0. The van der Waals surface area contributed by atoms with Crippen molar-refractivity contribution in [2.45, 2.75) is 13.7 Å². The van der Waals surface area contributed by atoms with Gasteiger partial charge in [0.1, 0.15) is 0 Å². The molecular formula is C18H18BN4O2S. The Balaban J connectivity index is 1.54. The number of thiazole rings is 1. The van der Waals surface area contributed by atoms with Gasteiger partial charge >= 0.3 is 0 Å². The van der Waals surface area contributed by atoms with E-state index in [1.165, 1.54) is 11.3 Å². The van der Waals surface area contributed by atoms with E-state index in [0.717, 1.165) is 16.8 Å². The third-order valence-corrected chi connectivity index (χ3v) is 4.51. The molecule has 131 valence electrons. The second kappa shape index (κ2) is 8.01. The first kappa shape index (κ1) is 17.9. The van der Waals surface area contributed by atoms with Crippen LogP contribution in [0.3, 0.4) is 0 Å². The molecule has 2 amide bonds. The highest BCUT2D eigenvalue weighted by Crippen LogP contribution is 2.25. The Bertz CT molecular complexity index is 935. The topological polar surface area (TPSA) is 76.0 Å². The number of aryl methyl sites for hydroxylation is 1. The van der Waals surface area contributed by atoms with Crippen molar-refractivity contribution < 1.29 is 9.59 Å². The van der Waals surface area contributed by atoms with Gasteiger partial charge in [-0.15, -0.1) is 11.3 Å². The average molecular weight is 365 g/mol. The number of amides is 2. The fourth-order valence-electron chi connectivity index (χ4n) is 2.40. The lowest BCUT2D eigenvalue weighted by Crippen LogP contribution is -2.32. The summed E-state index contributed by atoms with van der Waals surface area (Å²) in [7, 11) is 1.83. The van der Waals surface area contributed by atoms with E-state index in [1.807, 2.05) is 50.8 Å². The van der Waals surface area contributed by atoms with Crippen LogP contribution in [-0.2, 0) is 4.79 Å². The van der Waals surface area contributed by atoms with E-state index in [9.17, 15) is 9.59 Å². The van der Waals surface area contributed by atoms with Crippen molar-refractivity contribution >= 4 is 35.7 Å². The summed E-state index contributed by atoms with van der Waals surface area (Å²) < 4.78 is 1.78. The summed E-state index contributed by atoms with van der Waals surface area (Å²) in [5.74, 6) is -0.606. The van der Waals surface area contributed by atoms with Crippen LogP contribution in [0.2, 0.25) is 6.82 Å². The molecule has 2 N–H and O–H groups in total. The van der Waals surface area contributed by atoms with Crippen molar-refractivity contribution in [3.63, 3.8) is 0 Å². The number of carbonyl (C=O) groups is 2. The lowest BCUT2D eigenvalue weighted by Gasteiger charge is -2.04. The van der Waals surface area contributed by atoms with Crippen LogP contribution in [0.15, 0.2) is 48.1 Å². The average Bonchev–Trinajstić information content (AvgIpc) is 3.29. The number of hydrogen-bond donors (Lipinski definition) is 2. The van der Waals surface area contributed by atoms with Gasteiger partial charge < -0.3 is 15.1 Å². The second-order valence-corrected chi connectivity index (χ2v) is 6.60.